The van der Waals surface area contributed by atoms with E-state index < -0.39 is 18.0 Å². The molecule has 0 saturated heterocycles. The van der Waals surface area contributed by atoms with Gasteiger partial charge in [0.2, 0.25) is 0 Å². The molecule has 4 N–H and O–H groups in total. The Morgan fingerprint density at radius 1 is 1.45 bits per heavy atom. The van der Waals surface area contributed by atoms with Crippen molar-refractivity contribution in [2.75, 3.05) is 0 Å². The van der Waals surface area contributed by atoms with Crippen molar-refractivity contribution >= 4 is 11.9 Å². The van der Waals surface area contributed by atoms with Gasteiger partial charge in [-0.25, -0.2) is 4.79 Å². The molecule has 0 aromatic carbocycles. The van der Waals surface area contributed by atoms with E-state index in [9.17, 15) is 9.59 Å². The average Bonchev–Trinajstić information content (AvgIpc) is 1.86. The van der Waals surface area contributed by atoms with Crippen molar-refractivity contribution in [3.8, 4) is 0 Å². The van der Waals surface area contributed by atoms with E-state index in [1.165, 1.54) is 0 Å². The zero-order valence-corrected chi connectivity index (χ0v) is 5.52. The molecule has 0 spiro atoms. The van der Waals surface area contributed by atoms with Crippen LogP contribution in [0, 0.1) is 0 Å². The van der Waals surface area contributed by atoms with Crippen LogP contribution in [0.3, 0.4) is 0 Å². The maximum atomic E-state index is 10.0. The van der Waals surface area contributed by atoms with Gasteiger partial charge in [0, 0.05) is 0 Å². The lowest BCUT2D eigenvalue weighted by atomic mass is 10.3. The molecule has 0 aliphatic heterocycles. The Kier molecular flexibility index (Phi) is 3.66. The summed E-state index contributed by atoms with van der Waals surface area (Å²) in [5.41, 5.74) is 7.08. The molecule has 0 aliphatic carbocycles. The molecule has 0 radical (unpaired) electrons. The Hall–Kier alpha value is -1.58. The fourth-order valence-corrected chi connectivity index (χ4v) is 0.294. The van der Waals surface area contributed by atoms with Gasteiger partial charge >= 0.3 is 11.9 Å². The van der Waals surface area contributed by atoms with E-state index in [1.807, 2.05) is 0 Å². The monoisotopic (exact) mass is 157 g/mol. The topological polar surface area (TPSA) is 101 Å². The van der Waals surface area contributed by atoms with E-state index >= 15 is 0 Å². The number of carbonyl (C=O) groups is 2. The largest absolute Gasteiger partial charge is 0.480 e. The maximum Gasteiger partial charge on any atom is 0.336 e. The van der Waals surface area contributed by atoms with Crippen LogP contribution in [-0.4, -0.2) is 28.2 Å². The van der Waals surface area contributed by atoms with Gasteiger partial charge in [-0.3, -0.25) is 4.79 Å². The Morgan fingerprint density at radius 3 is 2.36 bits per heavy atom. The van der Waals surface area contributed by atoms with Gasteiger partial charge in [-0.05, 0) is 6.08 Å². The highest BCUT2D eigenvalue weighted by molar-refractivity contribution is 5.80. The zero-order chi connectivity index (χ0) is 8.85. The number of aliphatic carboxylic acids is 2. The van der Waals surface area contributed by atoms with Crippen LogP contribution in [0.5, 0.6) is 0 Å². The van der Waals surface area contributed by atoms with E-state index in [0.29, 0.717) is 6.08 Å². The number of carboxylic acids is 2. The van der Waals surface area contributed by atoms with Crippen molar-refractivity contribution < 1.29 is 19.8 Å². The lowest BCUT2D eigenvalue weighted by Crippen LogP contribution is -2.27. The van der Waals surface area contributed by atoms with Crippen LogP contribution < -0.4 is 5.73 Å². The van der Waals surface area contributed by atoms with Gasteiger partial charge in [-0.2, -0.15) is 0 Å². The van der Waals surface area contributed by atoms with Gasteiger partial charge in [-0.15, -0.1) is 5.73 Å². The minimum absolute atomic E-state index is 0.683. The highest BCUT2D eigenvalue weighted by Gasteiger charge is 2.04. The van der Waals surface area contributed by atoms with Crippen molar-refractivity contribution in [3.05, 3.63) is 17.9 Å². The molecule has 5 heteroatoms. The average molecular weight is 157 g/mol. The molecule has 1 atom stereocenters. The van der Waals surface area contributed by atoms with Crippen molar-refractivity contribution in [1.29, 1.82) is 0 Å². The van der Waals surface area contributed by atoms with Crippen LogP contribution in [-0.2, 0) is 9.59 Å². The Morgan fingerprint density at radius 2 is 2.00 bits per heavy atom. The van der Waals surface area contributed by atoms with E-state index in [1.54, 1.807) is 0 Å². The van der Waals surface area contributed by atoms with Crippen molar-refractivity contribution in [2.45, 2.75) is 6.04 Å². The molecule has 0 heterocycles. The third-order valence-corrected chi connectivity index (χ3v) is 0.768. The maximum absolute atomic E-state index is 10.0. The molecule has 0 bridgehead atoms. The SMILES string of the molecule is N[C@H](C=C=CC(=O)O)C(=O)O. The van der Waals surface area contributed by atoms with E-state index in [4.69, 9.17) is 15.9 Å². The fraction of sp³-hybridized carbons (Fsp3) is 0.167. The van der Waals surface area contributed by atoms with E-state index in [2.05, 4.69) is 5.73 Å². The predicted octanol–water partition coefficient (Wildman–Crippen LogP) is -0.806. The van der Waals surface area contributed by atoms with Crippen LogP contribution in [0.4, 0.5) is 0 Å². The fourth-order valence-electron chi connectivity index (χ4n) is 0.294. The van der Waals surface area contributed by atoms with Gasteiger partial charge in [0.25, 0.3) is 0 Å². The second-order valence-electron chi connectivity index (χ2n) is 1.68. The van der Waals surface area contributed by atoms with E-state index in [0.717, 1.165) is 6.08 Å². The molecule has 0 aromatic heterocycles. The third-order valence-electron chi connectivity index (χ3n) is 0.768. The predicted molar refractivity (Wildman–Crippen MR) is 35.9 cm³/mol. The lowest BCUT2D eigenvalue weighted by Gasteiger charge is -1.93. The molecular formula is C6H7NO4. The second-order valence-corrected chi connectivity index (χ2v) is 1.68. The lowest BCUT2D eigenvalue weighted by molar-refractivity contribution is -0.137. The molecule has 0 aromatic rings. The zero-order valence-electron chi connectivity index (χ0n) is 5.52. The van der Waals surface area contributed by atoms with Crippen LogP contribution in [0.25, 0.3) is 0 Å². The Labute approximate surface area is 62.4 Å². The molecule has 11 heavy (non-hydrogen) atoms. The number of hydrogen-bond donors (Lipinski definition) is 3. The molecule has 0 aliphatic rings. The molecule has 0 amide bonds. The van der Waals surface area contributed by atoms with Gasteiger partial charge in [0.1, 0.15) is 6.04 Å². The van der Waals surface area contributed by atoms with Crippen molar-refractivity contribution in [1.82, 2.24) is 0 Å². The number of carboxylic acid groups (broad SMARTS) is 2. The summed E-state index contributed by atoms with van der Waals surface area (Å²) in [4.78, 5) is 19.8. The minimum atomic E-state index is -1.23. The summed E-state index contributed by atoms with van der Waals surface area (Å²) in [6, 6.07) is -1.20. The highest BCUT2D eigenvalue weighted by atomic mass is 16.4. The first-order valence-electron chi connectivity index (χ1n) is 2.68. The molecule has 0 unspecified atom stereocenters. The molecule has 5 nitrogen and oxygen atoms in total. The van der Waals surface area contributed by atoms with Crippen LogP contribution in [0.15, 0.2) is 17.9 Å². The first-order chi connectivity index (χ1) is 5.04. The van der Waals surface area contributed by atoms with Crippen LogP contribution >= 0.6 is 0 Å². The minimum Gasteiger partial charge on any atom is -0.480 e. The highest BCUT2D eigenvalue weighted by Crippen LogP contribution is 1.79. The van der Waals surface area contributed by atoms with Crippen LogP contribution in [0.2, 0.25) is 0 Å². The smallest absolute Gasteiger partial charge is 0.336 e. The summed E-state index contributed by atoms with van der Waals surface area (Å²) in [5.74, 6) is -2.42. The normalized spacial score (nSPS) is 11.0. The van der Waals surface area contributed by atoms with Crippen LogP contribution in [0.1, 0.15) is 0 Å². The molecule has 60 valence electrons. The summed E-state index contributed by atoms with van der Waals surface area (Å²) < 4.78 is 0. The summed E-state index contributed by atoms with van der Waals surface area (Å²) in [6.45, 7) is 0. The van der Waals surface area contributed by atoms with Crippen molar-refractivity contribution in [2.24, 2.45) is 5.73 Å². The summed E-state index contributed by atoms with van der Waals surface area (Å²) in [7, 11) is 0. The van der Waals surface area contributed by atoms with E-state index in [-0.39, 0.29) is 0 Å². The van der Waals surface area contributed by atoms with Gasteiger partial charge < -0.3 is 15.9 Å². The molecule has 0 fully saturated rings. The second kappa shape index (κ2) is 4.27. The standard InChI is InChI=1S/C6H7NO4/c7-4(6(10)11)2-1-3-5(8)9/h2-4H,7H2,(H,8,9)(H,10,11)/t1?,4-/m1/s1. The number of nitrogens with two attached hydrogens (primary N) is 1. The first-order valence-corrected chi connectivity index (χ1v) is 2.68. The van der Waals surface area contributed by atoms with Gasteiger partial charge in [-0.1, -0.05) is 0 Å². The van der Waals surface area contributed by atoms with Crippen molar-refractivity contribution in [3.63, 3.8) is 0 Å². The Balaban J connectivity index is 4.13. The number of rotatable bonds is 3. The summed E-state index contributed by atoms with van der Waals surface area (Å²) >= 11 is 0. The van der Waals surface area contributed by atoms with Gasteiger partial charge in [0.05, 0.1) is 6.08 Å². The quantitative estimate of drug-likeness (QED) is 0.367. The summed E-state index contributed by atoms with van der Waals surface area (Å²) in [6.07, 6.45) is 1.64. The third kappa shape index (κ3) is 4.90. The van der Waals surface area contributed by atoms with Gasteiger partial charge in [0.15, 0.2) is 0 Å². The molecule has 0 saturated carbocycles. The summed E-state index contributed by atoms with van der Waals surface area (Å²) in [5, 5.41) is 16.2. The molecular weight excluding hydrogens is 150 g/mol. The first kappa shape index (κ1) is 9.42. The number of hydrogen-bond acceptors (Lipinski definition) is 3. The Bertz CT molecular complexity index is 227. The molecule has 0 rings (SSSR count).